The van der Waals surface area contributed by atoms with E-state index in [-0.39, 0.29) is 36.4 Å². The Morgan fingerprint density at radius 3 is 2.47 bits per heavy atom. The zero-order chi connectivity index (χ0) is 23.0. The van der Waals surface area contributed by atoms with Crippen molar-refractivity contribution >= 4 is 16.8 Å². The molecule has 2 unspecified atom stereocenters. The van der Waals surface area contributed by atoms with Crippen LogP contribution in [-0.4, -0.2) is 40.4 Å². The number of H-pyrrole nitrogens is 1. The highest BCUT2D eigenvalue weighted by Crippen LogP contribution is 2.48. The fourth-order valence-corrected chi connectivity index (χ4v) is 4.34. The van der Waals surface area contributed by atoms with Crippen molar-refractivity contribution in [3.8, 4) is 11.3 Å². The van der Waals surface area contributed by atoms with Gasteiger partial charge in [0, 0.05) is 29.8 Å². The molecule has 32 heavy (non-hydrogen) atoms. The topological polar surface area (TPSA) is 85.3 Å². The number of aromatic amines is 1. The van der Waals surface area contributed by atoms with Gasteiger partial charge in [0.2, 0.25) is 5.91 Å². The van der Waals surface area contributed by atoms with Crippen molar-refractivity contribution < 1.29 is 28.2 Å². The Morgan fingerprint density at radius 1 is 1.16 bits per heavy atom. The zero-order valence-corrected chi connectivity index (χ0v) is 17.5. The van der Waals surface area contributed by atoms with E-state index >= 15 is 0 Å². The summed E-state index contributed by atoms with van der Waals surface area (Å²) in [6.07, 6.45) is 0.233. The third-order valence-electron chi connectivity index (χ3n) is 6.37. The molecule has 2 atom stereocenters. The van der Waals surface area contributed by atoms with E-state index in [0.29, 0.717) is 35.0 Å². The van der Waals surface area contributed by atoms with Crippen molar-refractivity contribution in [2.24, 2.45) is 11.8 Å². The fraction of sp³-hybridized carbons (Fsp3) is 0.375. The Kier molecular flexibility index (Phi) is 6.26. The van der Waals surface area contributed by atoms with Gasteiger partial charge in [-0.2, -0.15) is 0 Å². The highest BCUT2D eigenvalue weighted by molar-refractivity contribution is 5.92. The van der Waals surface area contributed by atoms with Crippen LogP contribution in [0.3, 0.4) is 0 Å². The summed E-state index contributed by atoms with van der Waals surface area (Å²) in [5.41, 5.74) is 2.12. The largest absolute Gasteiger partial charge is 0.396 e. The summed E-state index contributed by atoms with van der Waals surface area (Å²) in [4.78, 5) is 15.5. The third-order valence-corrected chi connectivity index (χ3v) is 6.37. The normalized spacial score (nSPS) is 20.1. The fourth-order valence-electron chi connectivity index (χ4n) is 4.34. The lowest BCUT2D eigenvalue weighted by molar-refractivity contribution is -0.128. The van der Waals surface area contributed by atoms with E-state index in [9.17, 15) is 28.2 Å². The van der Waals surface area contributed by atoms with E-state index in [1.165, 1.54) is 18.2 Å². The Bertz CT molecular complexity index is 1120. The van der Waals surface area contributed by atoms with E-state index < -0.39 is 29.5 Å². The van der Waals surface area contributed by atoms with Gasteiger partial charge in [-0.15, -0.1) is 0 Å². The first kappa shape index (κ1) is 22.4. The Hall–Kier alpha value is -2.84. The van der Waals surface area contributed by atoms with Crippen LogP contribution in [0.15, 0.2) is 36.4 Å². The summed E-state index contributed by atoms with van der Waals surface area (Å²) in [5, 5.41) is 22.1. The second-order valence-corrected chi connectivity index (χ2v) is 8.52. The molecular weight excluding hydrogens is 421 g/mol. The number of amides is 1. The van der Waals surface area contributed by atoms with Crippen LogP contribution in [0.2, 0.25) is 0 Å². The van der Waals surface area contributed by atoms with Gasteiger partial charge in [-0.05, 0) is 67.1 Å². The molecule has 0 radical (unpaired) electrons. The van der Waals surface area contributed by atoms with Gasteiger partial charge in [0.1, 0.15) is 17.5 Å². The average molecular weight is 446 g/mol. The number of aliphatic hydroxyl groups is 2. The number of carbonyl (C=O) groups excluding carboxylic acids is 1. The van der Waals surface area contributed by atoms with E-state index in [0.717, 1.165) is 6.07 Å². The Balaban J connectivity index is 1.59. The lowest BCUT2D eigenvalue weighted by Gasteiger charge is -2.35. The average Bonchev–Trinajstić information content (AvgIpc) is 3.07. The molecule has 1 amide bonds. The molecule has 4 rings (SSSR count). The van der Waals surface area contributed by atoms with Gasteiger partial charge in [-0.3, -0.25) is 4.79 Å². The third kappa shape index (κ3) is 4.25. The summed E-state index contributed by atoms with van der Waals surface area (Å²) in [6, 6.07) is 7.85. The maximum absolute atomic E-state index is 14.4. The second kappa shape index (κ2) is 8.96. The van der Waals surface area contributed by atoms with Gasteiger partial charge in [0.05, 0.1) is 23.9 Å². The molecule has 170 valence electrons. The quantitative estimate of drug-likeness (QED) is 0.445. The number of nitrogens with one attached hydrogen (secondary N) is 2. The predicted octanol–water partition coefficient (Wildman–Crippen LogP) is 3.85. The molecule has 5 nitrogen and oxygen atoms in total. The molecule has 8 heteroatoms. The van der Waals surface area contributed by atoms with Gasteiger partial charge in [0.15, 0.2) is 0 Å². The molecule has 1 aliphatic carbocycles. The van der Waals surface area contributed by atoms with Crippen molar-refractivity contribution in [3.05, 3.63) is 59.4 Å². The number of aromatic nitrogens is 1. The van der Waals surface area contributed by atoms with Crippen molar-refractivity contribution in [2.75, 3.05) is 13.2 Å². The van der Waals surface area contributed by atoms with E-state index in [1.54, 1.807) is 19.1 Å². The molecule has 4 N–H and O–H groups in total. The highest BCUT2D eigenvalue weighted by Gasteiger charge is 2.38. The molecule has 0 bridgehead atoms. The lowest BCUT2D eigenvalue weighted by atomic mass is 9.70. The van der Waals surface area contributed by atoms with Gasteiger partial charge >= 0.3 is 0 Å². The van der Waals surface area contributed by atoms with Crippen LogP contribution in [0.5, 0.6) is 0 Å². The van der Waals surface area contributed by atoms with Gasteiger partial charge in [0.25, 0.3) is 0 Å². The van der Waals surface area contributed by atoms with Crippen LogP contribution in [0.25, 0.3) is 22.2 Å². The molecule has 1 aliphatic rings. The van der Waals surface area contributed by atoms with E-state index in [1.807, 2.05) is 0 Å². The first-order valence-corrected chi connectivity index (χ1v) is 10.6. The van der Waals surface area contributed by atoms with Crippen LogP contribution in [-0.2, 0) is 4.79 Å². The first-order valence-electron chi connectivity index (χ1n) is 10.6. The summed E-state index contributed by atoms with van der Waals surface area (Å²) in [6.45, 7) is 1.48. The summed E-state index contributed by atoms with van der Waals surface area (Å²) in [7, 11) is 0. The molecule has 0 spiro atoms. The number of carbonyl (C=O) groups is 1. The minimum Gasteiger partial charge on any atom is -0.396 e. The molecule has 1 aromatic heterocycles. The number of fused-ring (bicyclic) bond motifs is 1. The molecule has 1 fully saturated rings. The van der Waals surface area contributed by atoms with Crippen LogP contribution in [0, 0.1) is 29.3 Å². The van der Waals surface area contributed by atoms with Crippen molar-refractivity contribution in [1.82, 2.24) is 10.3 Å². The number of hydrogen-bond donors (Lipinski definition) is 4. The standard InChI is InChI=1S/C24H25F3N2O3/c1-12(31)16(11-30)10-28-24(32)15-6-14(7-15)21-19-8-18(26)9-20(27)23(19)29-22(21)13-2-4-17(25)5-3-13/h2-5,8-9,12,14-16,29-31H,6-7,10-11H2,1H3,(H,28,32). The van der Waals surface area contributed by atoms with Gasteiger partial charge in [-0.25, -0.2) is 13.2 Å². The molecule has 0 aliphatic heterocycles. The molecule has 1 heterocycles. The predicted molar refractivity (Wildman–Crippen MR) is 114 cm³/mol. The minimum absolute atomic E-state index is 0.105. The van der Waals surface area contributed by atoms with Crippen LogP contribution in [0.1, 0.15) is 31.2 Å². The van der Waals surface area contributed by atoms with Gasteiger partial charge in [-0.1, -0.05) is 0 Å². The smallest absolute Gasteiger partial charge is 0.223 e. The van der Waals surface area contributed by atoms with Crippen molar-refractivity contribution in [2.45, 2.75) is 31.8 Å². The van der Waals surface area contributed by atoms with E-state index in [2.05, 4.69) is 10.3 Å². The molecular formula is C24H25F3N2O3. The first-order chi connectivity index (χ1) is 15.3. The molecule has 2 aromatic carbocycles. The number of halogens is 3. The highest BCUT2D eigenvalue weighted by atomic mass is 19.1. The monoisotopic (exact) mass is 446 g/mol. The molecule has 1 saturated carbocycles. The molecule has 3 aromatic rings. The van der Waals surface area contributed by atoms with E-state index in [4.69, 9.17) is 0 Å². The number of hydrogen-bond acceptors (Lipinski definition) is 3. The second-order valence-electron chi connectivity index (χ2n) is 8.52. The van der Waals surface area contributed by atoms with Crippen LogP contribution in [0.4, 0.5) is 13.2 Å². The number of aliphatic hydroxyl groups excluding tert-OH is 2. The summed E-state index contributed by atoms with van der Waals surface area (Å²) in [5.74, 6) is -2.81. The van der Waals surface area contributed by atoms with Crippen molar-refractivity contribution in [1.29, 1.82) is 0 Å². The van der Waals surface area contributed by atoms with Crippen LogP contribution < -0.4 is 5.32 Å². The number of benzene rings is 2. The minimum atomic E-state index is -0.747. The number of rotatable bonds is 7. The Labute approximate surface area is 183 Å². The zero-order valence-electron chi connectivity index (χ0n) is 17.5. The maximum Gasteiger partial charge on any atom is 0.223 e. The van der Waals surface area contributed by atoms with Crippen LogP contribution >= 0.6 is 0 Å². The van der Waals surface area contributed by atoms with Gasteiger partial charge < -0.3 is 20.5 Å². The SMILES string of the molecule is CC(O)C(CO)CNC(=O)C1CC(c2c(-c3ccc(F)cc3)[nH]c3c(F)cc(F)cc23)C1. The lowest BCUT2D eigenvalue weighted by Crippen LogP contribution is -2.42. The maximum atomic E-state index is 14.4. The summed E-state index contributed by atoms with van der Waals surface area (Å²) < 4.78 is 41.9. The van der Waals surface area contributed by atoms with Crippen molar-refractivity contribution in [3.63, 3.8) is 0 Å². The Morgan fingerprint density at radius 2 is 1.84 bits per heavy atom. The molecule has 0 saturated heterocycles. The summed E-state index contributed by atoms with van der Waals surface area (Å²) >= 11 is 0.